The standard InChI is InChI=1S/C15H17N3O2/c1-11-8-16-10-17-14(11)12-2-5-18(6-3-12)15(19)13-4-7-20-9-13/h4,7-10,12H,2-3,5-6H2,1H3. The molecule has 5 nitrogen and oxygen atoms in total. The lowest BCUT2D eigenvalue weighted by atomic mass is 9.91. The minimum Gasteiger partial charge on any atom is -0.472 e. The molecule has 0 aromatic carbocycles. The van der Waals surface area contributed by atoms with E-state index in [0.29, 0.717) is 11.5 Å². The fraction of sp³-hybridized carbons (Fsp3) is 0.400. The third-order valence-electron chi connectivity index (χ3n) is 3.87. The maximum atomic E-state index is 12.2. The lowest BCUT2D eigenvalue weighted by Crippen LogP contribution is -2.38. The molecule has 1 aliphatic rings. The molecule has 0 atom stereocenters. The third-order valence-corrected chi connectivity index (χ3v) is 3.87. The predicted octanol–water partition coefficient (Wildman–Crippen LogP) is 2.40. The van der Waals surface area contributed by atoms with E-state index in [1.807, 2.05) is 18.0 Å². The molecule has 0 aliphatic carbocycles. The van der Waals surface area contributed by atoms with E-state index in [2.05, 4.69) is 9.97 Å². The molecule has 2 aromatic rings. The Kier molecular flexibility index (Phi) is 3.50. The predicted molar refractivity (Wildman–Crippen MR) is 73.4 cm³/mol. The summed E-state index contributed by atoms with van der Waals surface area (Å²) in [5, 5.41) is 0. The number of carbonyl (C=O) groups excluding carboxylic acids is 1. The molecule has 0 spiro atoms. The highest BCUT2D eigenvalue weighted by Gasteiger charge is 2.26. The van der Waals surface area contributed by atoms with Crippen LogP contribution in [0.25, 0.3) is 0 Å². The molecule has 1 aliphatic heterocycles. The van der Waals surface area contributed by atoms with Crippen LogP contribution in [0.2, 0.25) is 0 Å². The van der Waals surface area contributed by atoms with Crippen LogP contribution in [0.1, 0.15) is 40.4 Å². The van der Waals surface area contributed by atoms with Gasteiger partial charge < -0.3 is 9.32 Å². The van der Waals surface area contributed by atoms with E-state index in [9.17, 15) is 4.79 Å². The van der Waals surface area contributed by atoms with Crippen molar-refractivity contribution in [2.75, 3.05) is 13.1 Å². The van der Waals surface area contributed by atoms with E-state index in [-0.39, 0.29) is 5.91 Å². The first-order chi connectivity index (χ1) is 9.75. The number of nitrogens with zero attached hydrogens (tertiary/aromatic N) is 3. The van der Waals surface area contributed by atoms with Crippen LogP contribution < -0.4 is 0 Å². The summed E-state index contributed by atoms with van der Waals surface area (Å²) in [4.78, 5) is 22.5. The molecule has 1 amide bonds. The largest absolute Gasteiger partial charge is 0.472 e. The molecular formula is C15H17N3O2. The Morgan fingerprint density at radius 2 is 2.20 bits per heavy atom. The maximum absolute atomic E-state index is 12.2. The van der Waals surface area contributed by atoms with Crippen molar-refractivity contribution in [1.29, 1.82) is 0 Å². The van der Waals surface area contributed by atoms with Crippen molar-refractivity contribution in [3.63, 3.8) is 0 Å². The first-order valence-electron chi connectivity index (χ1n) is 6.83. The van der Waals surface area contributed by atoms with Crippen LogP contribution in [0.15, 0.2) is 35.5 Å². The van der Waals surface area contributed by atoms with Crippen LogP contribution >= 0.6 is 0 Å². The minimum atomic E-state index is 0.0524. The summed E-state index contributed by atoms with van der Waals surface area (Å²) in [6.45, 7) is 3.56. The minimum absolute atomic E-state index is 0.0524. The van der Waals surface area contributed by atoms with Crippen molar-refractivity contribution in [2.45, 2.75) is 25.7 Å². The van der Waals surface area contributed by atoms with E-state index < -0.39 is 0 Å². The first-order valence-corrected chi connectivity index (χ1v) is 6.83. The van der Waals surface area contributed by atoms with Gasteiger partial charge >= 0.3 is 0 Å². The van der Waals surface area contributed by atoms with Gasteiger partial charge in [-0.25, -0.2) is 9.97 Å². The summed E-state index contributed by atoms with van der Waals surface area (Å²) in [6, 6.07) is 1.71. The van der Waals surface area contributed by atoms with Gasteiger partial charge in [0.1, 0.15) is 12.6 Å². The number of aryl methyl sites for hydroxylation is 1. The van der Waals surface area contributed by atoms with E-state index in [4.69, 9.17) is 4.42 Å². The fourth-order valence-electron chi connectivity index (χ4n) is 2.76. The number of hydrogen-bond donors (Lipinski definition) is 0. The number of carbonyl (C=O) groups is 1. The van der Waals surface area contributed by atoms with Crippen LogP contribution in [0.4, 0.5) is 0 Å². The average molecular weight is 271 g/mol. The normalized spacial score (nSPS) is 16.4. The smallest absolute Gasteiger partial charge is 0.257 e. The summed E-state index contributed by atoms with van der Waals surface area (Å²) in [5.74, 6) is 0.475. The zero-order valence-electron chi connectivity index (χ0n) is 11.5. The third kappa shape index (κ3) is 2.43. The summed E-state index contributed by atoms with van der Waals surface area (Å²) in [5.41, 5.74) is 2.88. The lowest BCUT2D eigenvalue weighted by Gasteiger charge is -2.31. The molecule has 3 heterocycles. The summed E-state index contributed by atoms with van der Waals surface area (Å²) in [7, 11) is 0. The number of aromatic nitrogens is 2. The Morgan fingerprint density at radius 3 is 2.85 bits per heavy atom. The molecule has 0 radical (unpaired) electrons. The van der Waals surface area contributed by atoms with Gasteiger partial charge in [-0.15, -0.1) is 0 Å². The Morgan fingerprint density at radius 1 is 1.40 bits per heavy atom. The Balaban J connectivity index is 1.65. The van der Waals surface area contributed by atoms with Crippen molar-refractivity contribution in [1.82, 2.24) is 14.9 Å². The van der Waals surface area contributed by atoms with E-state index >= 15 is 0 Å². The Labute approximate surface area is 117 Å². The van der Waals surface area contributed by atoms with E-state index in [1.165, 1.54) is 12.5 Å². The molecule has 3 rings (SSSR count). The first kappa shape index (κ1) is 12.8. The number of hydrogen-bond acceptors (Lipinski definition) is 4. The Bertz CT molecular complexity index is 587. The number of likely N-dealkylation sites (tertiary alicyclic amines) is 1. The summed E-state index contributed by atoms with van der Waals surface area (Å²) in [6.07, 6.45) is 8.38. The van der Waals surface area contributed by atoms with Gasteiger partial charge in [0.05, 0.1) is 11.8 Å². The highest BCUT2D eigenvalue weighted by Crippen LogP contribution is 2.28. The molecule has 104 valence electrons. The zero-order chi connectivity index (χ0) is 13.9. The van der Waals surface area contributed by atoms with Crippen LogP contribution in [-0.2, 0) is 0 Å². The molecule has 5 heteroatoms. The molecular weight excluding hydrogens is 254 g/mol. The van der Waals surface area contributed by atoms with Gasteiger partial charge in [0.15, 0.2) is 0 Å². The van der Waals surface area contributed by atoms with Crippen LogP contribution in [0, 0.1) is 6.92 Å². The van der Waals surface area contributed by atoms with Gasteiger partial charge in [-0.3, -0.25) is 4.79 Å². The molecule has 0 N–H and O–H groups in total. The highest BCUT2D eigenvalue weighted by molar-refractivity contribution is 5.93. The molecule has 0 bridgehead atoms. The second-order valence-electron chi connectivity index (χ2n) is 5.17. The van der Waals surface area contributed by atoms with Crippen LogP contribution in [-0.4, -0.2) is 33.9 Å². The maximum Gasteiger partial charge on any atom is 0.257 e. The zero-order valence-corrected chi connectivity index (χ0v) is 11.5. The van der Waals surface area contributed by atoms with Crippen molar-refractivity contribution in [3.8, 4) is 0 Å². The molecule has 0 unspecified atom stereocenters. The highest BCUT2D eigenvalue weighted by atomic mass is 16.3. The molecule has 1 fully saturated rings. The average Bonchev–Trinajstić information content (AvgIpc) is 3.01. The summed E-state index contributed by atoms with van der Waals surface area (Å²) < 4.78 is 4.97. The second kappa shape index (κ2) is 5.45. The molecule has 0 saturated carbocycles. The van der Waals surface area contributed by atoms with Crippen LogP contribution in [0.5, 0.6) is 0 Å². The van der Waals surface area contributed by atoms with E-state index in [1.54, 1.807) is 12.4 Å². The van der Waals surface area contributed by atoms with Gasteiger partial charge in [0.25, 0.3) is 5.91 Å². The van der Waals surface area contributed by atoms with Gasteiger partial charge in [0.2, 0.25) is 0 Å². The molecule has 2 aromatic heterocycles. The SMILES string of the molecule is Cc1cncnc1C1CCN(C(=O)c2ccoc2)CC1. The van der Waals surface area contributed by atoms with Crippen molar-refractivity contribution in [2.24, 2.45) is 0 Å². The number of furan rings is 1. The van der Waals surface area contributed by atoms with Crippen LogP contribution in [0.3, 0.4) is 0 Å². The fourth-order valence-corrected chi connectivity index (χ4v) is 2.76. The molecule has 20 heavy (non-hydrogen) atoms. The van der Waals surface area contributed by atoms with Gasteiger partial charge in [0, 0.05) is 30.9 Å². The topological polar surface area (TPSA) is 59.2 Å². The van der Waals surface area contributed by atoms with Crippen molar-refractivity contribution < 1.29 is 9.21 Å². The van der Waals surface area contributed by atoms with Gasteiger partial charge in [-0.2, -0.15) is 0 Å². The second-order valence-corrected chi connectivity index (χ2v) is 5.17. The number of piperidine rings is 1. The lowest BCUT2D eigenvalue weighted by molar-refractivity contribution is 0.0711. The van der Waals surface area contributed by atoms with Gasteiger partial charge in [-0.1, -0.05) is 0 Å². The Hall–Kier alpha value is -2.17. The van der Waals surface area contributed by atoms with Gasteiger partial charge in [-0.05, 0) is 31.4 Å². The number of amides is 1. The van der Waals surface area contributed by atoms with Crippen molar-refractivity contribution >= 4 is 5.91 Å². The monoisotopic (exact) mass is 271 g/mol. The quantitative estimate of drug-likeness (QED) is 0.841. The number of rotatable bonds is 2. The summed E-state index contributed by atoms with van der Waals surface area (Å²) >= 11 is 0. The van der Waals surface area contributed by atoms with Crippen molar-refractivity contribution in [3.05, 3.63) is 47.9 Å². The molecule has 1 saturated heterocycles. The van der Waals surface area contributed by atoms with E-state index in [0.717, 1.165) is 37.2 Å².